The fourth-order valence-corrected chi connectivity index (χ4v) is 3.37. The van der Waals surface area contributed by atoms with Crippen molar-refractivity contribution in [3.63, 3.8) is 0 Å². The number of amides is 2. The van der Waals surface area contributed by atoms with Gasteiger partial charge in [0.1, 0.15) is 0 Å². The van der Waals surface area contributed by atoms with E-state index in [0.717, 1.165) is 62.2 Å². The van der Waals surface area contributed by atoms with E-state index in [1.807, 2.05) is 25.2 Å². The van der Waals surface area contributed by atoms with Crippen LogP contribution >= 0.6 is 0 Å². The number of carbonyl (C=O) groups excluding carboxylic acids is 1. The molecule has 7 nitrogen and oxygen atoms in total. The maximum Gasteiger partial charge on any atom is 0.321 e. The number of fused-ring (bicyclic) bond motifs is 1. The molecule has 0 spiro atoms. The smallest absolute Gasteiger partial charge is 0.321 e. The monoisotopic (exact) mass is 345 g/mol. The number of benzene rings is 1. The molecule has 1 aliphatic heterocycles. The lowest BCUT2D eigenvalue weighted by Gasteiger charge is -2.33. The van der Waals surface area contributed by atoms with Crippen molar-refractivity contribution >= 4 is 22.6 Å². The molecule has 0 unspecified atom stereocenters. The van der Waals surface area contributed by atoms with Gasteiger partial charge in [-0.3, -0.25) is 5.10 Å². The van der Waals surface area contributed by atoms with Crippen LogP contribution in [0, 0.1) is 5.92 Å². The van der Waals surface area contributed by atoms with Crippen molar-refractivity contribution in [1.29, 1.82) is 0 Å². The predicted octanol–water partition coefficient (Wildman–Crippen LogP) is 2.39. The van der Waals surface area contributed by atoms with Crippen LogP contribution in [0.5, 0.6) is 0 Å². The van der Waals surface area contributed by atoms with Gasteiger partial charge in [0, 0.05) is 32.6 Å². The molecular formula is C18H27N5O2. The van der Waals surface area contributed by atoms with Gasteiger partial charge in [-0.05, 0) is 44.0 Å². The number of rotatable bonds is 6. The molecule has 0 aliphatic carbocycles. The Kier molecular flexibility index (Phi) is 5.88. The third-order valence-corrected chi connectivity index (χ3v) is 4.92. The van der Waals surface area contributed by atoms with E-state index < -0.39 is 0 Å². The number of hydrogen-bond acceptors (Lipinski definition) is 4. The van der Waals surface area contributed by atoms with Crippen molar-refractivity contribution in [2.45, 2.75) is 12.8 Å². The second-order valence-electron chi connectivity index (χ2n) is 6.73. The van der Waals surface area contributed by atoms with Crippen LogP contribution in [0.1, 0.15) is 12.8 Å². The summed E-state index contributed by atoms with van der Waals surface area (Å²) in [5.74, 6) is 0.555. The summed E-state index contributed by atoms with van der Waals surface area (Å²) in [6.07, 6.45) is 3.98. The van der Waals surface area contributed by atoms with Crippen LogP contribution < -0.4 is 5.32 Å². The van der Waals surface area contributed by atoms with Crippen molar-refractivity contribution < 1.29 is 9.53 Å². The van der Waals surface area contributed by atoms with Gasteiger partial charge in [-0.2, -0.15) is 5.10 Å². The number of methoxy groups -OCH3 is 1. The first-order valence-electron chi connectivity index (χ1n) is 8.83. The zero-order valence-corrected chi connectivity index (χ0v) is 15.0. The summed E-state index contributed by atoms with van der Waals surface area (Å²) in [5.41, 5.74) is 1.71. The minimum Gasteiger partial charge on any atom is -0.383 e. The van der Waals surface area contributed by atoms with Crippen molar-refractivity contribution in [3.8, 4) is 0 Å². The van der Waals surface area contributed by atoms with Crippen LogP contribution in [0.15, 0.2) is 24.4 Å². The predicted molar refractivity (Wildman–Crippen MR) is 98.8 cm³/mol. The van der Waals surface area contributed by atoms with Gasteiger partial charge < -0.3 is 19.9 Å². The molecule has 2 amide bonds. The van der Waals surface area contributed by atoms with E-state index in [0.29, 0.717) is 5.92 Å². The summed E-state index contributed by atoms with van der Waals surface area (Å²) < 4.78 is 5.14. The number of carbonyl (C=O) groups is 1. The first-order valence-corrected chi connectivity index (χ1v) is 8.83. The first-order chi connectivity index (χ1) is 12.2. The Bertz CT molecular complexity index is 694. The quantitative estimate of drug-likeness (QED) is 0.843. The number of aromatic amines is 1. The lowest BCUT2D eigenvalue weighted by atomic mass is 9.96. The second kappa shape index (κ2) is 8.31. The summed E-state index contributed by atoms with van der Waals surface area (Å²) in [6.45, 7) is 4.72. The van der Waals surface area contributed by atoms with Gasteiger partial charge in [-0.1, -0.05) is 6.07 Å². The molecule has 0 radical (unpaired) electrons. The zero-order chi connectivity index (χ0) is 17.6. The molecule has 1 fully saturated rings. The van der Waals surface area contributed by atoms with E-state index in [9.17, 15) is 4.79 Å². The van der Waals surface area contributed by atoms with Gasteiger partial charge >= 0.3 is 6.03 Å². The number of anilines is 1. The lowest BCUT2D eigenvalue weighted by molar-refractivity contribution is 0.113. The van der Waals surface area contributed by atoms with Gasteiger partial charge in [0.2, 0.25) is 0 Å². The van der Waals surface area contributed by atoms with E-state index in [2.05, 4.69) is 20.4 Å². The highest BCUT2D eigenvalue weighted by atomic mass is 16.5. The molecule has 1 aromatic heterocycles. The molecule has 1 saturated heterocycles. The highest BCUT2D eigenvalue weighted by Crippen LogP contribution is 2.22. The molecule has 0 atom stereocenters. The second-order valence-corrected chi connectivity index (χ2v) is 6.73. The molecule has 3 rings (SSSR count). The molecule has 136 valence electrons. The number of ether oxygens (including phenoxy) is 1. The van der Waals surface area contributed by atoms with Crippen LogP contribution in [0.25, 0.3) is 10.9 Å². The maximum atomic E-state index is 12.5. The third kappa shape index (κ3) is 4.49. The molecular weight excluding hydrogens is 318 g/mol. The first kappa shape index (κ1) is 17.7. The summed E-state index contributed by atoms with van der Waals surface area (Å²) >= 11 is 0. The highest BCUT2D eigenvalue weighted by molar-refractivity contribution is 6.00. The van der Waals surface area contributed by atoms with Gasteiger partial charge in [0.05, 0.1) is 24.0 Å². The summed E-state index contributed by atoms with van der Waals surface area (Å²) in [5, 5.41) is 10.9. The lowest BCUT2D eigenvalue weighted by Crippen LogP contribution is -2.41. The van der Waals surface area contributed by atoms with Gasteiger partial charge in [-0.15, -0.1) is 0 Å². The number of nitrogens with zero attached hydrogens (tertiary/aromatic N) is 3. The maximum absolute atomic E-state index is 12.5. The molecule has 2 N–H and O–H groups in total. The Morgan fingerprint density at radius 2 is 2.24 bits per heavy atom. The number of piperidine rings is 1. The van der Waals surface area contributed by atoms with E-state index in [4.69, 9.17) is 4.74 Å². The average Bonchev–Trinajstić information content (AvgIpc) is 3.11. The van der Waals surface area contributed by atoms with Crippen LogP contribution in [-0.4, -0.2) is 73.0 Å². The Labute approximate surface area is 148 Å². The molecule has 25 heavy (non-hydrogen) atoms. The number of aromatic nitrogens is 2. The minimum atomic E-state index is -0.0736. The Hall–Kier alpha value is -2.12. The SMILES string of the molecule is COCCN1CCC(CN(C)C(=O)Nc2cccc3[nH]ncc23)CC1. The number of H-pyrrole nitrogens is 1. The normalized spacial score (nSPS) is 16.2. The van der Waals surface area contributed by atoms with Crippen molar-refractivity contribution in [1.82, 2.24) is 20.0 Å². The van der Waals surface area contributed by atoms with Gasteiger partial charge in [0.25, 0.3) is 0 Å². The summed E-state index contributed by atoms with van der Waals surface area (Å²) in [7, 11) is 3.60. The topological polar surface area (TPSA) is 73.5 Å². The van der Waals surface area contributed by atoms with Crippen molar-refractivity contribution in [3.05, 3.63) is 24.4 Å². The van der Waals surface area contributed by atoms with E-state index >= 15 is 0 Å². The van der Waals surface area contributed by atoms with Crippen molar-refractivity contribution in [2.24, 2.45) is 5.92 Å². The third-order valence-electron chi connectivity index (χ3n) is 4.92. The van der Waals surface area contributed by atoms with Crippen LogP contribution in [0.2, 0.25) is 0 Å². The number of nitrogens with one attached hydrogen (secondary N) is 2. The Morgan fingerprint density at radius 1 is 1.44 bits per heavy atom. The zero-order valence-electron chi connectivity index (χ0n) is 15.0. The molecule has 0 saturated carbocycles. The molecule has 1 aliphatic rings. The van der Waals surface area contributed by atoms with E-state index in [1.165, 1.54) is 0 Å². The average molecular weight is 345 g/mol. The Balaban J connectivity index is 1.49. The summed E-state index contributed by atoms with van der Waals surface area (Å²) in [4.78, 5) is 16.7. The fraction of sp³-hybridized carbons (Fsp3) is 0.556. The molecule has 0 bridgehead atoms. The minimum absolute atomic E-state index is 0.0736. The van der Waals surface area contributed by atoms with E-state index in [-0.39, 0.29) is 6.03 Å². The highest BCUT2D eigenvalue weighted by Gasteiger charge is 2.22. The molecule has 2 heterocycles. The van der Waals surface area contributed by atoms with E-state index in [1.54, 1.807) is 18.2 Å². The Morgan fingerprint density at radius 3 is 3.00 bits per heavy atom. The molecule has 1 aromatic carbocycles. The number of likely N-dealkylation sites (tertiary alicyclic amines) is 1. The van der Waals surface area contributed by atoms with Crippen LogP contribution in [-0.2, 0) is 4.74 Å². The number of urea groups is 1. The van der Waals surface area contributed by atoms with Crippen LogP contribution in [0.4, 0.5) is 10.5 Å². The molecule has 2 aromatic rings. The van der Waals surface area contributed by atoms with Crippen LogP contribution in [0.3, 0.4) is 0 Å². The standard InChI is InChI=1S/C18H27N5O2/c1-22(13-14-6-8-23(9-7-14)10-11-25-2)18(24)20-16-4-3-5-17-15(16)12-19-21-17/h3-5,12,14H,6-11,13H2,1-2H3,(H,19,21)(H,20,24). The van der Waals surface area contributed by atoms with Gasteiger partial charge in [-0.25, -0.2) is 4.79 Å². The largest absolute Gasteiger partial charge is 0.383 e. The fourth-order valence-electron chi connectivity index (χ4n) is 3.37. The van der Waals surface area contributed by atoms with Crippen molar-refractivity contribution in [2.75, 3.05) is 52.3 Å². The van der Waals surface area contributed by atoms with Gasteiger partial charge in [0.15, 0.2) is 0 Å². The summed E-state index contributed by atoms with van der Waals surface area (Å²) in [6, 6.07) is 5.68. The molecule has 7 heteroatoms. The number of hydrogen-bond donors (Lipinski definition) is 2.